The van der Waals surface area contributed by atoms with Crippen LogP contribution in [0, 0.1) is 13.8 Å². The van der Waals surface area contributed by atoms with Gasteiger partial charge < -0.3 is 4.90 Å². The van der Waals surface area contributed by atoms with Gasteiger partial charge >= 0.3 is 0 Å². The van der Waals surface area contributed by atoms with Crippen molar-refractivity contribution in [1.29, 1.82) is 0 Å². The molecule has 3 aromatic carbocycles. The molecule has 0 fully saturated rings. The lowest BCUT2D eigenvalue weighted by molar-refractivity contribution is 0.559. The molecule has 0 aliphatic carbocycles. The maximum Gasteiger partial charge on any atom is 0.0445 e. The van der Waals surface area contributed by atoms with E-state index < -0.39 is 0 Å². The third kappa shape index (κ3) is 4.30. The molecule has 1 heteroatoms. The van der Waals surface area contributed by atoms with Crippen LogP contribution in [-0.4, -0.2) is 5.54 Å². The second-order valence-electron chi connectivity index (χ2n) is 9.12. The molecule has 0 heterocycles. The van der Waals surface area contributed by atoms with Crippen LogP contribution in [-0.2, 0) is 0 Å². The molecule has 28 heavy (non-hydrogen) atoms. The molecule has 3 rings (SSSR count). The van der Waals surface area contributed by atoms with Gasteiger partial charge in [-0.2, -0.15) is 0 Å². The number of anilines is 2. The Morgan fingerprint density at radius 3 is 1.71 bits per heavy atom. The van der Waals surface area contributed by atoms with Crippen molar-refractivity contribution in [2.45, 2.75) is 59.9 Å². The molecule has 0 bridgehead atoms. The zero-order valence-electron chi connectivity index (χ0n) is 18.4. The summed E-state index contributed by atoms with van der Waals surface area (Å²) in [6.45, 7) is 15.6. The Morgan fingerprint density at radius 1 is 0.714 bits per heavy atom. The average molecular weight is 372 g/mol. The van der Waals surface area contributed by atoms with E-state index in [1.54, 1.807) is 0 Å². The smallest absolute Gasteiger partial charge is 0.0445 e. The standard InChI is InChI=1S/C27H33N/c1-19(2)22-9-11-23(12-10-22)24-13-15-25(16-14-24)28(27(5,6)7)26-17-8-20(3)18-21(26)4/h8-19H,1-7H3. The quantitative estimate of drug-likeness (QED) is 0.448. The van der Waals surface area contributed by atoms with Gasteiger partial charge in [0.2, 0.25) is 0 Å². The first-order chi connectivity index (χ1) is 13.2. The van der Waals surface area contributed by atoms with Crippen LogP contribution in [0.5, 0.6) is 0 Å². The molecule has 1 nitrogen and oxygen atoms in total. The van der Waals surface area contributed by atoms with Crippen molar-refractivity contribution in [1.82, 2.24) is 0 Å². The Bertz CT molecular complexity index is 925. The Hall–Kier alpha value is -2.54. The van der Waals surface area contributed by atoms with Gasteiger partial charge in [0.05, 0.1) is 0 Å². The van der Waals surface area contributed by atoms with E-state index in [0.717, 1.165) is 0 Å². The Balaban J connectivity index is 1.96. The van der Waals surface area contributed by atoms with Crippen molar-refractivity contribution in [3.63, 3.8) is 0 Å². The average Bonchev–Trinajstić information content (AvgIpc) is 2.63. The third-order valence-corrected chi connectivity index (χ3v) is 5.30. The van der Waals surface area contributed by atoms with Crippen LogP contribution in [0.25, 0.3) is 11.1 Å². The van der Waals surface area contributed by atoms with Gasteiger partial charge in [0.1, 0.15) is 0 Å². The lowest BCUT2D eigenvalue weighted by Crippen LogP contribution is -2.38. The molecule has 0 saturated carbocycles. The largest absolute Gasteiger partial charge is 0.336 e. The van der Waals surface area contributed by atoms with Crippen LogP contribution in [0.4, 0.5) is 11.4 Å². The van der Waals surface area contributed by atoms with E-state index in [4.69, 9.17) is 0 Å². The maximum atomic E-state index is 2.44. The van der Waals surface area contributed by atoms with Crippen molar-refractivity contribution in [3.05, 3.63) is 83.4 Å². The van der Waals surface area contributed by atoms with Crippen LogP contribution in [0.3, 0.4) is 0 Å². The molecule has 0 amide bonds. The van der Waals surface area contributed by atoms with Crippen LogP contribution in [0.1, 0.15) is 57.2 Å². The summed E-state index contributed by atoms with van der Waals surface area (Å²) in [6.07, 6.45) is 0. The van der Waals surface area contributed by atoms with E-state index in [2.05, 4.69) is 120 Å². The Morgan fingerprint density at radius 2 is 1.25 bits per heavy atom. The lowest BCUT2D eigenvalue weighted by atomic mass is 9.97. The summed E-state index contributed by atoms with van der Waals surface area (Å²) in [7, 11) is 0. The summed E-state index contributed by atoms with van der Waals surface area (Å²) in [5.74, 6) is 0.564. The Kier molecular flexibility index (Phi) is 5.65. The SMILES string of the molecule is Cc1ccc(N(c2ccc(-c3ccc(C(C)C)cc3)cc2)C(C)(C)C)c(C)c1. The van der Waals surface area contributed by atoms with Crippen molar-refractivity contribution >= 4 is 11.4 Å². The van der Waals surface area contributed by atoms with E-state index in [1.165, 1.54) is 39.2 Å². The lowest BCUT2D eigenvalue weighted by Gasteiger charge is -2.39. The number of benzene rings is 3. The van der Waals surface area contributed by atoms with Crippen LogP contribution >= 0.6 is 0 Å². The maximum absolute atomic E-state index is 2.44. The van der Waals surface area contributed by atoms with Gasteiger partial charge in [0.15, 0.2) is 0 Å². The fourth-order valence-corrected chi connectivity index (χ4v) is 3.81. The monoisotopic (exact) mass is 371 g/mol. The molecule has 0 spiro atoms. The molecule has 0 aliphatic heterocycles. The predicted octanol–water partition coefficient (Wildman–Crippen LogP) is 8.03. The molecule has 146 valence electrons. The van der Waals surface area contributed by atoms with Gasteiger partial charge in [-0.3, -0.25) is 0 Å². The summed E-state index contributed by atoms with van der Waals surface area (Å²) in [5.41, 5.74) is 9.00. The van der Waals surface area contributed by atoms with Gasteiger partial charge in [-0.05, 0) is 81.0 Å². The summed E-state index contributed by atoms with van der Waals surface area (Å²) in [6, 6.07) is 24.6. The first-order valence-corrected chi connectivity index (χ1v) is 10.2. The minimum atomic E-state index is -0.0134. The van der Waals surface area contributed by atoms with Crippen LogP contribution in [0.2, 0.25) is 0 Å². The fraction of sp³-hybridized carbons (Fsp3) is 0.333. The van der Waals surface area contributed by atoms with E-state index in [9.17, 15) is 0 Å². The van der Waals surface area contributed by atoms with E-state index in [-0.39, 0.29) is 5.54 Å². The number of hydrogen-bond donors (Lipinski definition) is 0. The van der Waals surface area contributed by atoms with Gasteiger partial charge in [0, 0.05) is 16.9 Å². The molecule has 0 aliphatic rings. The fourth-order valence-electron chi connectivity index (χ4n) is 3.81. The second kappa shape index (κ2) is 7.83. The van der Waals surface area contributed by atoms with Crippen molar-refractivity contribution in [2.24, 2.45) is 0 Å². The minimum absolute atomic E-state index is 0.0134. The van der Waals surface area contributed by atoms with Gasteiger partial charge in [-0.15, -0.1) is 0 Å². The van der Waals surface area contributed by atoms with Crippen molar-refractivity contribution < 1.29 is 0 Å². The molecule has 0 unspecified atom stereocenters. The van der Waals surface area contributed by atoms with Gasteiger partial charge in [-0.25, -0.2) is 0 Å². The van der Waals surface area contributed by atoms with Gasteiger partial charge in [-0.1, -0.05) is 67.9 Å². The molecule has 3 aromatic rings. The molecule has 0 aromatic heterocycles. The highest BCUT2D eigenvalue weighted by Gasteiger charge is 2.24. The number of aryl methyl sites for hydroxylation is 2. The first kappa shape index (κ1) is 20.2. The van der Waals surface area contributed by atoms with Crippen molar-refractivity contribution in [3.8, 4) is 11.1 Å². The van der Waals surface area contributed by atoms with Crippen LogP contribution in [0.15, 0.2) is 66.7 Å². The summed E-state index contributed by atoms with van der Waals surface area (Å²) in [4.78, 5) is 2.44. The van der Waals surface area contributed by atoms with Gasteiger partial charge in [0.25, 0.3) is 0 Å². The van der Waals surface area contributed by atoms with Crippen LogP contribution < -0.4 is 4.90 Å². The third-order valence-electron chi connectivity index (χ3n) is 5.30. The molecular formula is C27H33N. The highest BCUT2D eigenvalue weighted by Crippen LogP contribution is 2.36. The molecule has 0 radical (unpaired) electrons. The summed E-state index contributed by atoms with van der Waals surface area (Å²) in [5, 5.41) is 0. The highest BCUT2D eigenvalue weighted by atomic mass is 15.2. The predicted molar refractivity (Wildman–Crippen MR) is 124 cm³/mol. The molecule has 0 saturated heterocycles. The normalized spacial score (nSPS) is 11.7. The molecule has 0 atom stereocenters. The number of nitrogens with zero attached hydrogens (tertiary/aromatic N) is 1. The first-order valence-electron chi connectivity index (χ1n) is 10.2. The minimum Gasteiger partial charge on any atom is -0.336 e. The second-order valence-corrected chi connectivity index (χ2v) is 9.12. The number of hydrogen-bond acceptors (Lipinski definition) is 1. The van der Waals surface area contributed by atoms with E-state index in [0.29, 0.717) is 5.92 Å². The zero-order chi connectivity index (χ0) is 20.5. The Labute approximate surface area is 171 Å². The van der Waals surface area contributed by atoms with Crippen molar-refractivity contribution in [2.75, 3.05) is 4.90 Å². The summed E-state index contributed by atoms with van der Waals surface area (Å²) < 4.78 is 0. The van der Waals surface area contributed by atoms with E-state index >= 15 is 0 Å². The highest BCUT2D eigenvalue weighted by molar-refractivity contribution is 5.72. The summed E-state index contributed by atoms with van der Waals surface area (Å²) >= 11 is 0. The number of rotatable bonds is 4. The van der Waals surface area contributed by atoms with E-state index in [1.807, 2.05) is 0 Å². The zero-order valence-corrected chi connectivity index (χ0v) is 18.4. The molecular weight excluding hydrogens is 338 g/mol. The molecule has 0 N–H and O–H groups in total. The topological polar surface area (TPSA) is 3.24 Å².